The van der Waals surface area contributed by atoms with Gasteiger partial charge in [0, 0.05) is 5.56 Å². The summed E-state index contributed by atoms with van der Waals surface area (Å²) in [4.78, 5) is 6.72. The minimum Gasteiger partial charge on any atom is -0.497 e. The number of methoxy groups -OCH3 is 1. The molecule has 1 aliphatic rings. The van der Waals surface area contributed by atoms with E-state index in [2.05, 4.69) is 37.0 Å². The fourth-order valence-electron chi connectivity index (χ4n) is 3.90. The summed E-state index contributed by atoms with van der Waals surface area (Å²) in [7, 11) is 1.68. The maximum absolute atomic E-state index is 6.17. The molecule has 0 atom stereocenters. The molecular formula is C20H24BrN5O. The average Bonchev–Trinajstić information content (AvgIpc) is 3.29. The molecule has 0 saturated carbocycles. The number of halogens is 1. The molecule has 142 valence electrons. The molecule has 6 nitrogen and oxygen atoms in total. The molecular weight excluding hydrogens is 406 g/mol. The summed E-state index contributed by atoms with van der Waals surface area (Å²) in [5.74, 6) is 1.30. The first kappa shape index (κ1) is 18.3. The molecule has 1 fully saturated rings. The van der Waals surface area contributed by atoms with E-state index in [9.17, 15) is 0 Å². The molecule has 2 aromatic heterocycles. The third-order valence-corrected chi connectivity index (χ3v) is 6.09. The Kier molecular flexibility index (Phi) is 5.31. The van der Waals surface area contributed by atoms with E-state index >= 15 is 0 Å². The van der Waals surface area contributed by atoms with Gasteiger partial charge >= 0.3 is 0 Å². The van der Waals surface area contributed by atoms with E-state index in [1.54, 1.807) is 7.11 Å². The SMILES string of the molecule is COc1cccc(-c2c(CCCN3CCCC3)c(Br)c3c(N)ncnn23)c1. The molecule has 4 rings (SSSR count). The maximum Gasteiger partial charge on any atom is 0.152 e. The molecule has 3 aromatic rings. The van der Waals surface area contributed by atoms with Crippen molar-refractivity contribution in [3.63, 3.8) is 0 Å². The molecule has 1 aromatic carbocycles. The van der Waals surface area contributed by atoms with Crippen molar-refractivity contribution in [1.29, 1.82) is 0 Å². The predicted octanol–water partition coefficient (Wildman–Crippen LogP) is 3.78. The molecule has 0 aliphatic carbocycles. The molecule has 7 heteroatoms. The van der Waals surface area contributed by atoms with Gasteiger partial charge in [-0.3, -0.25) is 0 Å². The van der Waals surface area contributed by atoms with E-state index in [0.717, 1.165) is 46.4 Å². The number of nitrogens with two attached hydrogens (primary N) is 1. The van der Waals surface area contributed by atoms with E-state index in [4.69, 9.17) is 10.5 Å². The van der Waals surface area contributed by atoms with Gasteiger partial charge in [0.1, 0.15) is 17.6 Å². The number of benzene rings is 1. The normalized spacial score (nSPS) is 14.9. The van der Waals surface area contributed by atoms with Gasteiger partial charge in [-0.25, -0.2) is 9.50 Å². The second-order valence-electron chi connectivity index (χ2n) is 6.93. The van der Waals surface area contributed by atoms with Crippen LogP contribution >= 0.6 is 15.9 Å². The Labute approximate surface area is 167 Å². The second-order valence-corrected chi connectivity index (χ2v) is 7.72. The summed E-state index contributed by atoms with van der Waals surface area (Å²) in [6, 6.07) is 8.07. The fraction of sp³-hybridized carbons (Fsp3) is 0.400. The van der Waals surface area contributed by atoms with Crippen molar-refractivity contribution < 1.29 is 4.74 Å². The van der Waals surface area contributed by atoms with Crippen LogP contribution in [0.1, 0.15) is 24.8 Å². The highest BCUT2D eigenvalue weighted by Crippen LogP contribution is 2.38. The van der Waals surface area contributed by atoms with Crippen molar-refractivity contribution in [3.8, 4) is 17.0 Å². The molecule has 0 bridgehead atoms. The quantitative estimate of drug-likeness (QED) is 0.645. The standard InChI is InChI=1S/C20H24BrN5O/c1-27-15-7-4-6-14(12-15)18-16(8-5-11-25-9-2-3-10-25)17(21)19-20(22)23-13-24-26(18)19/h4,6-7,12-13H,2-3,5,8-11H2,1H3,(H2,22,23,24). The smallest absolute Gasteiger partial charge is 0.152 e. The Balaban J connectivity index is 1.75. The van der Waals surface area contributed by atoms with Crippen LogP contribution in [0.4, 0.5) is 5.82 Å². The number of rotatable bonds is 6. The molecule has 0 unspecified atom stereocenters. The molecule has 27 heavy (non-hydrogen) atoms. The Bertz CT molecular complexity index is 949. The van der Waals surface area contributed by atoms with Gasteiger partial charge in [-0.15, -0.1) is 0 Å². The Morgan fingerprint density at radius 2 is 2.07 bits per heavy atom. The third-order valence-electron chi connectivity index (χ3n) is 5.23. The van der Waals surface area contributed by atoms with Crippen molar-refractivity contribution in [2.24, 2.45) is 0 Å². The number of nitrogen functional groups attached to an aromatic ring is 1. The van der Waals surface area contributed by atoms with Gasteiger partial charge < -0.3 is 15.4 Å². The third kappa shape index (κ3) is 3.53. The van der Waals surface area contributed by atoms with E-state index in [-0.39, 0.29) is 0 Å². The van der Waals surface area contributed by atoms with Gasteiger partial charge in [0.25, 0.3) is 0 Å². The summed E-state index contributed by atoms with van der Waals surface area (Å²) in [5, 5.41) is 4.49. The van der Waals surface area contributed by atoms with Crippen molar-refractivity contribution >= 4 is 27.3 Å². The van der Waals surface area contributed by atoms with Gasteiger partial charge in [0.2, 0.25) is 0 Å². The van der Waals surface area contributed by atoms with Crippen molar-refractivity contribution in [3.05, 3.63) is 40.6 Å². The number of likely N-dealkylation sites (tertiary alicyclic amines) is 1. The predicted molar refractivity (Wildman–Crippen MR) is 111 cm³/mol. The van der Waals surface area contributed by atoms with Crippen molar-refractivity contribution in [2.45, 2.75) is 25.7 Å². The molecule has 2 N–H and O–H groups in total. The number of aromatic nitrogens is 3. The molecule has 1 saturated heterocycles. The van der Waals surface area contributed by atoms with Crippen molar-refractivity contribution in [2.75, 3.05) is 32.5 Å². The van der Waals surface area contributed by atoms with Gasteiger partial charge in [-0.1, -0.05) is 12.1 Å². The lowest BCUT2D eigenvalue weighted by Crippen LogP contribution is -2.20. The minimum atomic E-state index is 0.479. The number of nitrogens with zero attached hydrogens (tertiary/aromatic N) is 4. The fourth-order valence-corrected chi connectivity index (χ4v) is 4.65. The van der Waals surface area contributed by atoms with Crippen LogP contribution in [-0.2, 0) is 6.42 Å². The number of ether oxygens (including phenoxy) is 1. The maximum atomic E-state index is 6.17. The number of hydrogen-bond acceptors (Lipinski definition) is 5. The largest absolute Gasteiger partial charge is 0.497 e. The van der Waals surface area contributed by atoms with E-state index in [0.29, 0.717) is 5.82 Å². The van der Waals surface area contributed by atoms with Crippen LogP contribution in [-0.4, -0.2) is 46.2 Å². The van der Waals surface area contributed by atoms with E-state index in [1.807, 2.05) is 22.7 Å². The van der Waals surface area contributed by atoms with Crippen LogP contribution in [0.2, 0.25) is 0 Å². The lowest BCUT2D eigenvalue weighted by Gasteiger charge is -2.14. The summed E-state index contributed by atoms with van der Waals surface area (Å²) in [5.41, 5.74) is 10.3. The second kappa shape index (κ2) is 7.86. The summed E-state index contributed by atoms with van der Waals surface area (Å²) < 4.78 is 8.30. The van der Waals surface area contributed by atoms with Crippen LogP contribution in [0, 0.1) is 0 Å². The Morgan fingerprint density at radius 1 is 1.26 bits per heavy atom. The average molecular weight is 430 g/mol. The number of hydrogen-bond donors (Lipinski definition) is 1. The van der Waals surface area contributed by atoms with Crippen LogP contribution < -0.4 is 10.5 Å². The zero-order chi connectivity index (χ0) is 18.8. The summed E-state index contributed by atoms with van der Waals surface area (Å²) >= 11 is 3.77. The summed E-state index contributed by atoms with van der Waals surface area (Å²) in [6.07, 6.45) is 6.20. The molecule has 0 amide bonds. The molecule has 0 spiro atoms. The lowest BCUT2D eigenvalue weighted by molar-refractivity contribution is 0.334. The molecule has 0 radical (unpaired) electrons. The van der Waals surface area contributed by atoms with Crippen LogP contribution in [0.15, 0.2) is 35.1 Å². The van der Waals surface area contributed by atoms with Gasteiger partial charge in [0.15, 0.2) is 5.82 Å². The topological polar surface area (TPSA) is 68.7 Å². The zero-order valence-electron chi connectivity index (χ0n) is 15.5. The summed E-state index contributed by atoms with van der Waals surface area (Å²) in [6.45, 7) is 3.57. The van der Waals surface area contributed by atoms with Crippen LogP contribution in [0.25, 0.3) is 16.8 Å². The number of anilines is 1. The highest BCUT2D eigenvalue weighted by Gasteiger charge is 2.22. The van der Waals surface area contributed by atoms with Gasteiger partial charge in [-0.2, -0.15) is 5.10 Å². The first-order valence-electron chi connectivity index (χ1n) is 9.35. The zero-order valence-corrected chi connectivity index (χ0v) is 17.1. The van der Waals surface area contributed by atoms with E-state index in [1.165, 1.54) is 37.8 Å². The molecule has 3 heterocycles. The number of fused-ring (bicyclic) bond motifs is 1. The minimum absolute atomic E-state index is 0.479. The van der Waals surface area contributed by atoms with Crippen LogP contribution in [0.5, 0.6) is 5.75 Å². The highest BCUT2D eigenvalue weighted by atomic mass is 79.9. The first-order valence-corrected chi connectivity index (χ1v) is 10.1. The van der Waals surface area contributed by atoms with E-state index < -0.39 is 0 Å². The Morgan fingerprint density at radius 3 is 2.85 bits per heavy atom. The van der Waals surface area contributed by atoms with Gasteiger partial charge in [-0.05, 0) is 78.9 Å². The van der Waals surface area contributed by atoms with Crippen LogP contribution in [0.3, 0.4) is 0 Å². The molecule has 1 aliphatic heterocycles. The monoisotopic (exact) mass is 429 g/mol. The van der Waals surface area contributed by atoms with Gasteiger partial charge in [0.05, 0.1) is 17.3 Å². The Hall–Kier alpha value is -2.12. The lowest BCUT2D eigenvalue weighted by atomic mass is 10.0. The van der Waals surface area contributed by atoms with Crippen molar-refractivity contribution in [1.82, 2.24) is 19.5 Å². The highest BCUT2D eigenvalue weighted by molar-refractivity contribution is 9.10. The first-order chi connectivity index (χ1) is 13.2.